The summed E-state index contributed by atoms with van der Waals surface area (Å²) in [7, 11) is 0. The molecule has 21 heavy (non-hydrogen) atoms. The Bertz CT molecular complexity index is 636. The molecule has 0 aliphatic carbocycles. The summed E-state index contributed by atoms with van der Waals surface area (Å²) >= 11 is 1.40. The molecule has 0 aliphatic rings. The number of hydrogen-bond acceptors (Lipinski definition) is 4. The first kappa shape index (κ1) is 15.6. The number of nitrogens with one attached hydrogen (secondary N) is 1. The minimum absolute atomic E-state index is 0.0352. The summed E-state index contributed by atoms with van der Waals surface area (Å²) in [4.78, 5) is 12.1. The van der Waals surface area contributed by atoms with Gasteiger partial charge in [-0.1, -0.05) is 23.9 Å². The number of benzene rings is 1. The van der Waals surface area contributed by atoms with E-state index in [1.165, 1.54) is 11.8 Å². The highest BCUT2D eigenvalue weighted by Gasteiger charge is 2.11. The summed E-state index contributed by atoms with van der Waals surface area (Å²) in [6, 6.07) is 6.30. The van der Waals surface area contributed by atoms with Crippen LogP contribution >= 0.6 is 11.8 Å². The van der Waals surface area contributed by atoms with Gasteiger partial charge in [0.2, 0.25) is 5.91 Å². The molecule has 0 saturated carbocycles. The molecule has 0 spiro atoms. The number of anilines is 1. The molecule has 1 N–H and O–H groups in total. The first-order chi connectivity index (χ1) is 9.97. The molecule has 1 heterocycles. The van der Waals surface area contributed by atoms with Crippen LogP contribution in [0.5, 0.6) is 0 Å². The normalized spacial score (nSPS) is 10.9. The number of aromatic nitrogens is 3. The van der Waals surface area contributed by atoms with Crippen LogP contribution in [0.25, 0.3) is 0 Å². The Kier molecular flexibility index (Phi) is 5.01. The maximum atomic E-state index is 12.1. The molecule has 2 rings (SSSR count). The molecule has 1 aromatic carbocycles. The van der Waals surface area contributed by atoms with E-state index in [9.17, 15) is 4.79 Å². The minimum Gasteiger partial charge on any atom is -0.325 e. The third-order valence-corrected chi connectivity index (χ3v) is 4.05. The van der Waals surface area contributed by atoms with Crippen LogP contribution in [0, 0.1) is 13.8 Å². The van der Waals surface area contributed by atoms with E-state index in [1.807, 2.05) is 36.6 Å². The van der Waals surface area contributed by atoms with Gasteiger partial charge in [-0.2, -0.15) is 0 Å². The van der Waals surface area contributed by atoms with Crippen molar-refractivity contribution in [1.29, 1.82) is 0 Å². The summed E-state index contributed by atoms with van der Waals surface area (Å²) in [6.07, 6.45) is 1.69. The molecule has 112 valence electrons. The highest BCUT2D eigenvalue weighted by atomic mass is 32.2. The predicted octanol–water partition coefficient (Wildman–Crippen LogP) is 3.21. The molecular formula is C15H20N4OS. The number of thioether (sulfide) groups is 1. The molecule has 0 saturated heterocycles. The molecule has 1 aromatic heterocycles. The molecule has 1 amide bonds. The van der Waals surface area contributed by atoms with Crippen molar-refractivity contribution in [3.63, 3.8) is 0 Å². The van der Waals surface area contributed by atoms with Crippen molar-refractivity contribution in [2.24, 2.45) is 0 Å². The Morgan fingerprint density at radius 1 is 1.38 bits per heavy atom. The van der Waals surface area contributed by atoms with E-state index < -0.39 is 0 Å². The maximum Gasteiger partial charge on any atom is 0.234 e. The van der Waals surface area contributed by atoms with E-state index in [0.717, 1.165) is 22.0 Å². The third kappa shape index (κ3) is 4.07. The average Bonchev–Trinajstić information content (AvgIpc) is 2.89. The van der Waals surface area contributed by atoms with Crippen LogP contribution in [0.2, 0.25) is 0 Å². The second-order valence-electron chi connectivity index (χ2n) is 5.27. The van der Waals surface area contributed by atoms with Crippen molar-refractivity contribution in [3.8, 4) is 0 Å². The van der Waals surface area contributed by atoms with Crippen LogP contribution < -0.4 is 5.32 Å². The molecule has 5 nitrogen and oxygen atoms in total. The van der Waals surface area contributed by atoms with E-state index in [0.29, 0.717) is 5.75 Å². The monoisotopic (exact) mass is 304 g/mol. The zero-order valence-electron chi connectivity index (χ0n) is 12.8. The number of carbonyl (C=O) groups excluding carboxylic acids is 1. The largest absolute Gasteiger partial charge is 0.325 e. The van der Waals surface area contributed by atoms with Gasteiger partial charge in [0.05, 0.1) is 5.75 Å². The van der Waals surface area contributed by atoms with Gasteiger partial charge in [-0.15, -0.1) is 10.2 Å². The lowest BCUT2D eigenvalue weighted by atomic mass is 10.1. The van der Waals surface area contributed by atoms with Gasteiger partial charge in [0.25, 0.3) is 0 Å². The summed E-state index contributed by atoms with van der Waals surface area (Å²) < 4.78 is 1.95. The smallest absolute Gasteiger partial charge is 0.234 e. The lowest BCUT2D eigenvalue weighted by Crippen LogP contribution is -2.15. The highest BCUT2D eigenvalue weighted by molar-refractivity contribution is 7.99. The molecule has 0 radical (unpaired) electrons. The van der Waals surface area contributed by atoms with Crippen molar-refractivity contribution in [3.05, 3.63) is 35.7 Å². The molecule has 0 unspecified atom stereocenters. The SMILES string of the molecule is Cc1ccc(C)c(NC(=O)CSc2nncn2C(C)C)c1. The van der Waals surface area contributed by atoms with Crippen LogP contribution in [0.1, 0.15) is 31.0 Å². The van der Waals surface area contributed by atoms with Crippen LogP contribution in [0.3, 0.4) is 0 Å². The van der Waals surface area contributed by atoms with Gasteiger partial charge >= 0.3 is 0 Å². The fourth-order valence-corrected chi connectivity index (χ4v) is 2.72. The van der Waals surface area contributed by atoms with Crippen molar-refractivity contribution in [1.82, 2.24) is 14.8 Å². The number of hydrogen-bond donors (Lipinski definition) is 1. The second kappa shape index (κ2) is 6.76. The fourth-order valence-electron chi connectivity index (χ4n) is 1.88. The number of amides is 1. The molecule has 2 aromatic rings. The number of nitrogens with zero attached hydrogens (tertiary/aromatic N) is 3. The van der Waals surface area contributed by atoms with E-state index >= 15 is 0 Å². The second-order valence-corrected chi connectivity index (χ2v) is 6.21. The zero-order valence-corrected chi connectivity index (χ0v) is 13.6. The Labute approximate surface area is 129 Å². The van der Waals surface area contributed by atoms with Crippen LogP contribution in [-0.2, 0) is 4.79 Å². The van der Waals surface area contributed by atoms with E-state index in [4.69, 9.17) is 0 Å². The Balaban J connectivity index is 1.96. The molecule has 0 aliphatic heterocycles. The van der Waals surface area contributed by atoms with Crippen molar-refractivity contribution in [2.45, 2.75) is 38.9 Å². The van der Waals surface area contributed by atoms with Gasteiger partial charge in [-0.25, -0.2) is 0 Å². The maximum absolute atomic E-state index is 12.1. The Morgan fingerprint density at radius 3 is 2.86 bits per heavy atom. The number of aryl methyl sites for hydroxylation is 2. The lowest BCUT2D eigenvalue weighted by Gasteiger charge is -2.11. The van der Waals surface area contributed by atoms with E-state index in [1.54, 1.807) is 6.33 Å². The lowest BCUT2D eigenvalue weighted by molar-refractivity contribution is -0.113. The fraction of sp³-hybridized carbons (Fsp3) is 0.400. The van der Waals surface area contributed by atoms with Gasteiger partial charge in [-0.05, 0) is 44.9 Å². The van der Waals surface area contributed by atoms with Gasteiger partial charge in [0.15, 0.2) is 5.16 Å². The number of rotatable bonds is 5. The number of carbonyl (C=O) groups is 1. The van der Waals surface area contributed by atoms with Gasteiger partial charge in [0, 0.05) is 11.7 Å². The average molecular weight is 304 g/mol. The zero-order chi connectivity index (χ0) is 15.4. The minimum atomic E-state index is -0.0352. The summed E-state index contributed by atoms with van der Waals surface area (Å²) in [5, 5.41) is 11.6. The third-order valence-electron chi connectivity index (χ3n) is 3.10. The van der Waals surface area contributed by atoms with Crippen LogP contribution in [0.4, 0.5) is 5.69 Å². The standard InChI is InChI=1S/C15H20N4OS/c1-10(2)19-9-16-18-15(19)21-8-14(20)17-13-7-11(3)5-6-12(13)4/h5-7,9-10H,8H2,1-4H3,(H,17,20). The van der Waals surface area contributed by atoms with E-state index in [2.05, 4.69) is 29.4 Å². The molecule has 0 bridgehead atoms. The van der Waals surface area contributed by atoms with Crippen molar-refractivity contribution < 1.29 is 4.79 Å². The van der Waals surface area contributed by atoms with Crippen molar-refractivity contribution >= 4 is 23.4 Å². The Morgan fingerprint density at radius 2 is 2.14 bits per heavy atom. The molecular weight excluding hydrogens is 284 g/mol. The highest BCUT2D eigenvalue weighted by Crippen LogP contribution is 2.20. The summed E-state index contributed by atoms with van der Waals surface area (Å²) in [5.41, 5.74) is 3.05. The van der Waals surface area contributed by atoms with Crippen LogP contribution in [0.15, 0.2) is 29.7 Å². The summed E-state index contributed by atoms with van der Waals surface area (Å²) in [5.74, 6) is 0.283. The molecule has 0 fully saturated rings. The molecule has 0 atom stereocenters. The van der Waals surface area contributed by atoms with Crippen LogP contribution in [-0.4, -0.2) is 26.4 Å². The topological polar surface area (TPSA) is 59.8 Å². The van der Waals surface area contributed by atoms with Gasteiger partial charge in [-0.3, -0.25) is 4.79 Å². The van der Waals surface area contributed by atoms with E-state index in [-0.39, 0.29) is 11.9 Å². The first-order valence-electron chi connectivity index (χ1n) is 6.87. The van der Waals surface area contributed by atoms with Crippen molar-refractivity contribution in [2.75, 3.05) is 11.1 Å². The first-order valence-corrected chi connectivity index (χ1v) is 7.85. The summed E-state index contributed by atoms with van der Waals surface area (Å²) in [6.45, 7) is 8.11. The quantitative estimate of drug-likeness (QED) is 0.862. The molecule has 6 heteroatoms. The van der Waals surface area contributed by atoms with Gasteiger partial charge in [0.1, 0.15) is 6.33 Å². The van der Waals surface area contributed by atoms with Gasteiger partial charge < -0.3 is 9.88 Å². The predicted molar refractivity (Wildman–Crippen MR) is 85.7 cm³/mol. The Hall–Kier alpha value is -1.82.